The molecule has 3 heteroatoms. The number of aromatic nitrogens is 1. The van der Waals surface area contributed by atoms with Crippen molar-refractivity contribution in [2.24, 2.45) is 5.92 Å². The quantitative estimate of drug-likeness (QED) is 0.658. The number of aryl methyl sites for hydroxylation is 1. The van der Waals surface area contributed by atoms with Gasteiger partial charge in [0, 0.05) is 47.2 Å². The van der Waals surface area contributed by atoms with Gasteiger partial charge in [-0.05, 0) is 36.1 Å². The van der Waals surface area contributed by atoms with Gasteiger partial charge in [0.2, 0.25) is 0 Å². The number of nitrogens with zero attached hydrogens (tertiary/aromatic N) is 1. The Hall–Kier alpha value is -2.36. The Morgan fingerprint density at radius 2 is 1.81 bits per heavy atom. The fraction of sp³-hybridized carbons (Fsp3) is 0.429. The van der Waals surface area contributed by atoms with E-state index >= 15 is 0 Å². The summed E-state index contributed by atoms with van der Waals surface area (Å²) in [5.74, 6) is 0.794. The van der Waals surface area contributed by atoms with Gasteiger partial charge < -0.3 is 14.4 Å². The van der Waals surface area contributed by atoms with Crippen molar-refractivity contribution in [2.75, 3.05) is 19.6 Å². The highest BCUT2D eigenvalue weighted by Gasteiger charge is 2.38. The molecule has 1 unspecified atom stereocenters. The molecule has 2 aromatic carbocycles. The first kappa shape index (κ1) is 18.2. The normalized spacial score (nSPS) is 29.1. The Kier molecular flexibility index (Phi) is 4.16. The van der Waals surface area contributed by atoms with Crippen LogP contribution in [-0.2, 0) is 19.5 Å². The first-order valence-electron chi connectivity index (χ1n) is 12.5. The van der Waals surface area contributed by atoms with Gasteiger partial charge in [-0.3, -0.25) is 0 Å². The van der Waals surface area contributed by atoms with Crippen LogP contribution in [-0.4, -0.2) is 24.2 Å². The van der Waals surface area contributed by atoms with E-state index in [2.05, 4.69) is 59.3 Å². The van der Waals surface area contributed by atoms with Gasteiger partial charge in [0.25, 0.3) is 0 Å². The van der Waals surface area contributed by atoms with Gasteiger partial charge in [0.15, 0.2) is 0 Å². The Labute approximate surface area is 185 Å². The van der Waals surface area contributed by atoms with Crippen LogP contribution >= 0.6 is 0 Å². The van der Waals surface area contributed by atoms with Crippen molar-refractivity contribution in [2.45, 2.75) is 51.2 Å². The maximum Gasteiger partial charge on any atom is 0.129 e. The highest BCUT2D eigenvalue weighted by Crippen LogP contribution is 2.40. The molecular formula is C28H33N3+2. The minimum absolute atomic E-state index is 0.661. The number of benzene rings is 2. The van der Waals surface area contributed by atoms with Crippen molar-refractivity contribution >= 4 is 16.5 Å². The zero-order valence-corrected chi connectivity index (χ0v) is 18.4. The molecule has 0 radical (unpaired) electrons. The average Bonchev–Trinajstić information content (AvgIpc) is 3.17. The third-order valence-corrected chi connectivity index (χ3v) is 8.65. The summed E-state index contributed by atoms with van der Waals surface area (Å²) in [5, 5.41) is 1.56. The molecule has 2 atom stereocenters. The van der Waals surface area contributed by atoms with Gasteiger partial charge in [-0.2, -0.15) is 0 Å². The Morgan fingerprint density at radius 1 is 0.935 bits per heavy atom. The van der Waals surface area contributed by atoms with E-state index < -0.39 is 0 Å². The Bertz CT molecular complexity index is 1160. The van der Waals surface area contributed by atoms with Gasteiger partial charge in [-0.15, -0.1) is 0 Å². The molecule has 4 aliphatic heterocycles. The summed E-state index contributed by atoms with van der Waals surface area (Å²) in [5.41, 5.74) is 9.46. The molecule has 0 spiro atoms. The standard InChI is InChI=1S/C28H31N3/c1-2-5-20(6-3-1)18-30-15-16-31-26-10-9-22(25-19-29-13-11-21(25)12-14-29)17-24(26)23-7-4-8-27(30)28(23)31/h1-3,5-6,9-10,17,19,21,27H,4,7-8,11-16,18H2/p+2/t27-/m1/s1. The number of rotatable bonds is 3. The van der Waals surface area contributed by atoms with Gasteiger partial charge in [-0.25, -0.2) is 0 Å². The third-order valence-electron chi connectivity index (χ3n) is 8.65. The molecule has 0 saturated carbocycles. The molecule has 1 fully saturated rings. The molecule has 31 heavy (non-hydrogen) atoms. The van der Waals surface area contributed by atoms with Crippen molar-refractivity contribution < 1.29 is 9.80 Å². The van der Waals surface area contributed by atoms with Crippen molar-refractivity contribution in [3.8, 4) is 0 Å². The predicted molar refractivity (Wildman–Crippen MR) is 125 cm³/mol. The highest BCUT2D eigenvalue weighted by molar-refractivity contribution is 5.89. The van der Waals surface area contributed by atoms with E-state index in [1.807, 2.05) is 0 Å². The summed E-state index contributed by atoms with van der Waals surface area (Å²) >= 11 is 0. The minimum Gasteiger partial charge on any atom is -0.334 e. The third kappa shape index (κ3) is 2.86. The second-order valence-electron chi connectivity index (χ2n) is 10.3. The van der Waals surface area contributed by atoms with Gasteiger partial charge in [0.05, 0.1) is 38.1 Å². The van der Waals surface area contributed by atoms with Crippen LogP contribution in [0.5, 0.6) is 0 Å². The van der Waals surface area contributed by atoms with Crippen molar-refractivity contribution in [1.29, 1.82) is 0 Å². The van der Waals surface area contributed by atoms with E-state index in [9.17, 15) is 0 Å². The van der Waals surface area contributed by atoms with E-state index in [1.165, 1.54) is 68.4 Å². The SMILES string of the molecule is C1=C(c2ccc3c(c2)c2c4n3CC[NH+](Cc3ccccc3)[C@@H]4CCC2)C2CC[NH+]1CC2. The fourth-order valence-electron chi connectivity index (χ4n) is 7.14. The summed E-state index contributed by atoms with van der Waals surface area (Å²) in [7, 11) is 0. The summed E-state index contributed by atoms with van der Waals surface area (Å²) in [6.45, 7) is 6.23. The van der Waals surface area contributed by atoms with Crippen LogP contribution in [0.3, 0.4) is 0 Å². The molecule has 1 aromatic heterocycles. The molecule has 0 amide bonds. The molecule has 3 nitrogen and oxygen atoms in total. The number of quaternary nitrogens is 2. The van der Waals surface area contributed by atoms with Crippen LogP contribution in [0.15, 0.2) is 54.7 Å². The molecule has 5 heterocycles. The van der Waals surface area contributed by atoms with E-state index in [0.29, 0.717) is 6.04 Å². The second kappa shape index (κ2) is 7.08. The van der Waals surface area contributed by atoms with E-state index in [0.717, 1.165) is 19.0 Å². The summed E-state index contributed by atoms with van der Waals surface area (Å²) in [6.07, 6.45) is 9.23. The van der Waals surface area contributed by atoms with Crippen LogP contribution in [0.4, 0.5) is 0 Å². The molecule has 2 bridgehead atoms. The first-order valence-corrected chi connectivity index (χ1v) is 12.5. The number of hydrogen-bond acceptors (Lipinski definition) is 0. The zero-order valence-electron chi connectivity index (χ0n) is 18.4. The molecule has 1 aliphatic carbocycles. The lowest BCUT2D eigenvalue weighted by Crippen LogP contribution is -3.12. The molecule has 2 N–H and O–H groups in total. The first-order chi connectivity index (χ1) is 15.3. The largest absolute Gasteiger partial charge is 0.334 e. The lowest BCUT2D eigenvalue weighted by molar-refractivity contribution is -0.950. The number of nitrogens with one attached hydrogen (secondary N) is 2. The molecule has 8 rings (SSSR count). The summed E-state index contributed by atoms with van der Waals surface area (Å²) in [6, 6.07) is 19.2. The number of allylic oxidation sites excluding steroid dienone is 1. The fourth-order valence-corrected chi connectivity index (χ4v) is 7.14. The van der Waals surface area contributed by atoms with Gasteiger partial charge >= 0.3 is 0 Å². The van der Waals surface area contributed by atoms with Gasteiger partial charge in [0.1, 0.15) is 12.6 Å². The van der Waals surface area contributed by atoms with Crippen LogP contribution in [0, 0.1) is 5.92 Å². The Morgan fingerprint density at radius 3 is 2.61 bits per heavy atom. The van der Waals surface area contributed by atoms with E-state index in [4.69, 9.17) is 0 Å². The zero-order chi connectivity index (χ0) is 20.4. The number of hydrogen-bond donors (Lipinski definition) is 2. The Balaban J connectivity index is 1.30. The summed E-state index contributed by atoms with van der Waals surface area (Å²) < 4.78 is 2.70. The van der Waals surface area contributed by atoms with Crippen LogP contribution < -0.4 is 9.80 Å². The number of fused-ring (bicyclic) bond motifs is 5. The lowest BCUT2D eigenvalue weighted by atomic mass is 9.81. The van der Waals surface area contributed by atoms with Crippen molar-refractivity contribution in [3.05, 3.63) is 77.1 Å². The summed E-state index contributed by atoms with van der Waals surface area (Å²) in [4.78, 5) is 3.46. The van der Waals surface area contributed by atoms with Crippen LogP contribution in [0.25, 0.3) is 16.5 Å². The molecule has 3 aromatic rings. The average molecular weight is 412 g/mol. The molecular weight excluding hydrogens is 378 g/mol. The molecule has 1 saturated heterocycles. The highest BCUT2D eigenvalue weighted by atomic mass is 15.2. The molecule has 5 aliphatic rings. The number of piperidine rings is 1. The maximum atomic E-state index is 2.70. The van der Waals surface area contributed by atoms with E-state index in [1.54, 1.807) is 32.0 Å². The second-order valence-corrected chi connectivity index (χ2v) is 10.3. The predicted octanol–water partition coefficient (Wildman–Crippen LogP) is 2.77. The smallest absolute Gasteiger partial charge is 0.129 e. The maximum absolute atomic E-state index is 2.70. The lowest BCUT2D eigenvalue weighted by Gasteiger charge is -2.37. The van der Waals surface area contributed by atoms with Crippen molar-refractivity contribution in [1.82, 2.24) is 4.57 Å². The monoisotopic (exact) mass is 411 g/mol. The van der Waals surface area contributed by atoms with Crippen molar-refractivity contribution in [3.63, 3.8) is 0 Å². The van der Waals surface area contributed by atoms with E-state index in [-0.39, 0.29) is 0 Å². The van der Waals surface area contributed by atoms with Crippen LogP contribution in [0.1, 0.15) is 54.1 Å². The topological polar surface area (TPSA) is 13.8 Å². The minimum atomic E-state index is 0.661. The molecule has 158 valence electrons. The van der Waals surface area contributed by atoms with Gasteiger partial charge in [-0.1, -0.05) is 36.4 Å². The van der Waals surface area contributed by atoms with Crippen LogP contribution in [0.2, 0.25) is 0 Å².